The van der Waals surface area contributed by atoms with Crippen molar-refractivity contribution in [2.45, 2.75) is 32.9 Å². The van der Waals surface area contributed by atoms with E-state index in [2.05, 4.69) is 39.2 Å². The molecule has 0 bridgehead atoms. The van der Waals surface area contributed by atoms with E-state index < -0.39 is 0 Å². The van der Waals surface area contributed by atoms with E-state index in [0.29, 0.717) is 5.56 Å². The Hall–Kier alpha value is -2.15. The SMILES string of the molecule is CC(C)[C@H](NC(=O)c1ccoc1)c1nnc2n1CCNCC2. The summed E-state index contributed by atoms with van der Waals surface area (Å²) < 4.78 is 7.10. The molecule has 3 heterocycles. The van der Waals surface area contributed by atoms with Crippen molar-refractivity contribution in [3.8, 4) is 0 Å². The van der Waals surface area contributed by atoms with Gasteiger partial charge in [-0.2, -0.15) is 0 Å². The minimum atomic E-state index is -0.179. The van der Waals surface area contributed by atoms with Crippen molar-refractivity contribution in [3.05, 3.63) is 35.8 Å². The fourth-order valence-electron chi connectivity index (χ4n) is 2.67. The molecule has 0 radical (unpaired) electrons. The normalized spacial score (nSPS) is 16.1. The van der Waals surface area contributed by atoms with Gasteiger partial charge in [0.1, 0.15) is 12.1 Å². The van der Waals surface area contributed by atoms with Gasteiger partial charge in [-0.05, 0) is 12.0 Å². The lowest BCUT2D eigenvalue weighted by molar-refractivity contribution is 0.0921. The molecule has 22 heavy (non-hydrogen) atoms. The quantitative estimate of drug-likeness (QED) is 0.885. The van der Waals surface area contributed by atoms with Gasteiger partial charge >= 0.3 is 0 Å². The Morgan fingerprint density at radius 3 is 3.00 bits per heavy atom. The molecule has 7 heteroatoms. The summed E-state index contributed by atoms with van der Waals surface area (Å²) in [5.74, 6) is 1.85. The zero-order chi connectivity index (χ0) is 15.5. The van der Waals surface area contributed by atoms with Crippen LogP contribution in [0.25, 0.3) is 0 Å². The predicted octanol–water partition coefficient (Wildman–Crippen LogP) is 1.14. The van der Waals surface area contributed by atoms with Crippen LogP contribution in [-0.4, -0.2) is 33.8 Å². The molecule has 1 aliphatic heterocycles. The van der Waals surface area contributed by atoms with E-state index in [1.807, 2.05) is 0 Å². The van der Waals surface area contributed by atoms with Crippen molar-refractivity contribution in [1.82, 2.24) is 25.4 Å². The molecule has 118 valence electrons. The first-order valence-corrected chi connectivity index (χ1v) is 7.62. The Balaban J connectivity index is 1.85. The molecule has 0 saturated heterocycles. The van der Waals surface area contributed by atoms with Crippen molar-refractivity contribution >= 4 is 5.91 Å². The molecule has 0 fully saturated rings. The molecule has 1 atom stereocenters. The van der Waals surface area contributed by atoms with Gasteiger partial charge in [0.05, 0.1) is 17.9 Å². The molecule has 0 saturated carbocycles. The lowest BCUT2D eigenvalue weighted by atomic mass is 10.0. The van der Waals surface area contributed by atoms with Crippen molar-refractivity contribution in [2.75, 3.05) is 13.1 Å². The molecule has 2 aromatic heterocycles. The summed E-state index contributed by atoms with van der Waals surface area (Å²) in [5.41, 5.74) is 0.517. The lowest BCUT2D eigenvalue weighted by Gasteiger charge is -2.22. The average molecular weight is 303 g/mol. The van der Waals surface area contributed by atoms with Gasteiger partial charge in [0.2, 0.25) is 0 Å². The molecule has 0 aromatic carbocycles. The van der Waals surface area contributed by atoms with Gasteiger partial charge in [0.25, 0.3) is 5.91 Å². The third-order valence-electron chi connectivity index (χ3n) is 3.91. The number of carbonyl (C=O) groups is 1. The monoisotopic (exact) mass is 303 g/mol. The van der Waals surface area contributed by atoms with Crippen LogP contribution in [0.15, 0.2) is 23.0 Å². The van der Waals surface area contributed by atoms with Gasteiger partial charge in [-0.3, -0.25) is 4.79 Å². The Bertz CT molecular complexity index is 632. The number of aromatic nitrogens is 3. The van der Waals surface area contributed by atoms with Gasteiger partial charge in [0.15, 0.2) is 5.82 Å². The average Bonchev–Trinajstić information content (AvgIpc) is 3.10. The third-order valence-corrected chi connectivity index (χ3v) is 3.91. The molecule has 0 spiro atoms. The fourth-order valence-corrected chi connectivity index (χ4v) is 2.67. The summed E-state index contributed by atoms with van der Waals surface area (Å²) in [6, 6.07) is 1.47. The molecular formula is C15H21N5O2. The number of hydrogen-bond acceptors (Lipinski definition) is 5. The summed E-state index contributed by atoms with van der Waals surface area (Å²) in [7, 11) is 0. The summed E-state index contributed by atoms with van der Waals surface area (Å²) in [5, 5.41) is 15.0. The van der Waals surface area contributed by atoms with E-state index in [1.54, 1.807) is 6.07 Å². The largest absolute Gasteiger partial charge is 0.472 e. The highest BCUT2D eigenvalue weighted by Crippen LogP contribution is 2.22. The standard InChI is InChI=1S/C15H21N5O2/c1-10(2)13(17-15(21)11-4-8-22-9-11)14-19-18-12-3-5-16-6-7-20(12)14/h4,8-10,13,16H,3,5-7H2,1-2H3,(H,17,21)/t13-/m0/s1. The summed E-state index contributed by atoms with van der Waals surface area (Å²) in [6.07, 6.45) is 3.79. The van der Waals surface area contributed by atoms with Crippen molar-refractivity contribution in [3.63, 3.8) is 0 Å². The maximum atomic E-state index is 12.3. The lowest BCUT2D eigenvalue weighted by Crippen LogP contribution is -2.34. The highest BCUT2D eigenvalue weighted by molar-refractivity contribution is 5.94. The van der Waals surface area contributed by atoms with E-state index in [4.69, 9.17) is 4.42 Å². The topological polar surface area (TPSA) is 85.0 Å². The smallest absolute Gasteiger partial charge is 0.255 e. The van der Waals surface area contributed by atoms with Gasteiger partial charge in [-0.1, -0.05) is 13.8 Å². The first-order chi connectivity index (χ1) is 10.7. The molecule has 0 unspecified atom stereocenters. The zero-order valence-corrected chi connectivity index (χ0v) is 12.9. The Morgan fingerprint density at radius 2 is 2.27 bits per heavy atom. The van der Waals surface area contributed by atoms with Gasteiger partial charge in [-0.15, -0.1) is 10.2 Å². The number of hydrogen-bond donors (Lipinski definition) is 2. The van der Waals surface area contributed by atoms with Gasteiger partial charge in [0, 0.05) is 26.1 Å². The summed E-state index contributed by atoms with van der Waals surface area (Å²) in [6.45, 7) is 6.75. The van der Waals surface area contributed by atoms with Crippen LogP contribution in [0.4, 0.5) is 0 Å². The van der Waals surface area contributed by atoms with E-state index in [9.17, 15) is 4.79 Å². The minimum absolute atomic E-state index is 0.156. The molecule has 0 aliphatic carbocycles. The number of rotatable bonds is 4. The predicted molar refractivity (Wildman–Crippen MR) is 80.3 cm³/mol. The van der Waals surface area contributed by atoms with Crippen LogP contribution in [0.3, 0.4) is 0 Å². The number of nitrogens with one attached hydrogen (secondary N) is 2. The second kappa shape index (κ2) is 6.31. The molecule has 3 rings (SSSR count). The van der Waals surface area contributed by atoms with E-state index >= 15 is 0 Å². The number of furan rings is 1. The molecule has 1 aliphatic rings. The molecular weight excluding hydrogens is 282 g/mol. The Labute approximate surface area is 129 Å². The maximum Gasteiger partial charge on any atom is 0.255 e. The van der Waals surface area contributed by atoms with Crippen LogP contribution in [0, 0.1) is 5.92 Å². The van der Waals surface area contributed by atoms with Crippen LogP contribution in [0.5, 0.6) is 0 Å². The highest BCUT2D eigenvalue weighted by Gasteiger charge is 2.26. The van der Waals surface area contributed by atoms with Crippen molar-refractivity contribution in [2.24, 2.45) is 5.92 Å². The summed E-state index contributed by atoms with van der Waals surface area (Å²) in [4.78, 5) is 12.3. The number of carbonyl (C=O) groups excluding carboxylic acids is 1. The second-order valence-corrected chi connectivity index (χ2v) is 5.83. The number of nitrogens with zero attached hydrogens (tertiary/aromatic N) is 3. The third kappa shape index (κ3) is 2.89. The first kappa shape index (κ1) is 14.8. The fraction of sp³-hybridized carbons (Fsp3) is 0.533. The van der Waals surface area contributed by atoms with Crippen LogP contribution in [0.2, 0.25) is 0 Å². The van der Waals surface area contributed by atoms with Crippen LogP contribution >= 0.6 is 0 Å². The molecule has 7 nitrogen and oxygen atoms in total. The molecule has 2 N–H and O–H groups in total. The van der Waals surface area contributed by atoms with Gasteiger partial charge in [-0.25, -0.2) is 0 Å². The Kier molecular flexibility index (Phi) is 4.24. The van der Waals surface area contributed by atoms with E-state index in [-0.39, 0.29) is 17.9 Å². The highest BCUT2D eigenvalue weighted by atomic mass is 16.3. The second-order valence-electron chi connectivity index (χ2n) is 5.83. The van der Waals surface area contributed by atoms with E-state index in [1.165, 1.54) is 12.5 Å². The summed E-state index contributed by atoms with van der Waals surface area (Å²) >= 11 is 0. The van der Waals surface area contributed by atoms with Crippen molar-refractivity contribution < 1.29 is 9.21 Å². The Morgan fingerprint density at radius 1 is 1.41 bits per heavy atom. The number of amides is 1. The number of fused-ring (bicyclic) bond motifs is 1. The molecule has 1 amide bonds. The zero-order valence-electron chi connectivity index (χ0n) is 12.9. The van der Waals surface area contributed by atoms with E-state index in [0.717, 1.165) is 37.7 Å². The minimum Gasteiger partial charge on any atom is -0.472 e. The van der Waals surface area contributed by atoms with Crippen molar-refractivity contribution in [1.29, 1.82) is 0 Å². The molecule has 2 aromatic rings. The maximum absolute atomic E-state index is 12.3. The van der Waals surface area contributed by atoms with Crippen LogP contribution in [-0.2, 0) is 13.0 Å². The first-order valence-electron chi connectivity index (χ1n) is 7.62. The van der Waals surface area contributed by atoms with Crippen LogP contribution in [0.1, 0.15) is 41.9 Å². The van der Waals surface area contributed by atoms with Crippen LogP contribution < -0.4 is 10.6 Å². The van der Waals surface area contributed by atoms with Gasteiger partial charge < -0.3 is 19.6 Å².